The van der Waals surface area contributed by atoms with Crippen LogP contribution < -0.4 is 4.90 Å². The van der Waals surface area contributed by atoms with E-state index in [0.717, 1.165) is 55.5 Å². The molecule has 0 N–H and O–H groups in total. The van der Waals surface area contributed by atoms with Crippen molar-refractivity contribution in [1.29, 1.82) is 0 Å². The van der Waals surface area contributed by atoms with Crippen LogP contribution in [-0.4, -0.2) is 0 Å². The number of rotatable bonds is 5. The van der Waals surface area contributed by atoms with Crippen molar-refractivity contribution >= 4 is 49.8 Å². The van der Waals surface area contributed by atoms with Gasteiger partial charge < -0.3 is 9.32 Å². The summed E-state index contributed by atoms with van der Waals surface area (Å²) in [7, 11) is 0. The first-order chi connectivity index (χ1) is 29.3. The maximum absolute atomic E-state index is 6.81. The van der Waals surface area contributed by atoms with Crippen molar-refractivity contribution < 1.29 is 4.42 Å². The zero-order valence-corrected chi connectivity index (χ0v) is 34.3. The van der Waals surface area contributed by atoms with Crippen LogP contribution in [0.25, 0.3) is 77.2 Å². The summed E-state index contributed by atoms with van der Waals surface area (Å²) in [6, 6.07) is 69.1. The molecule has 10 aromatic rings. The highest BCUT2D eigenvalue weighted by atomic mass is 16.3. The highest BCUT2D eigenvalue weighted by molar-refractivity contribution is 6.19. The van der Waals surface area contributed by atoms with Crippen LogP contribution in [0.1, 0.15) is 49.9 Å². The third kappa shape index (κ3) is 5.01. The van der Waals surface area contributed by atoms with Crippen molar-refractivity contribution in [2.75, 3.05) is 4.90 Å². The van der Waals surface area contributed by atoms with E-state index in [9.17, 15) is 0 Å². The zero-order chi connectivity index (χ0) is 40.3. The van der Waals surface area contributed by atoms with Gasteiger partial charge in [-0.1, -0.05) is 155 Å². The predicted octanol–water partition coefficient (Wildman–Crippen LogP) is 16.2. The molecular weight excluding hydrogens is 727 g/mol. The minimum Gasteiger partial charge on any atom is -0.455 e. The van der Waals surface area contributed by atoms with Crippen LogP contribution in [0.2, 0.25) is 0 Å². The fraction of sp³-hybridized carbons (Fsp3) is 0.103. The summed E-state index contributed by atoms with van der Waals surface area (Å²) in [5, 5.41) is 4.61. The summed E-state index contributed by atoms with van der Waals surface area (Å²) < 4.78 is 6.81. The normalized spacial score (nSPS) is 14.3. The Morgan fingerprint density at radius 3 is 1.58 bits per heavy atom. The SMILES string of the molecule is CC1(C)c2ccccc2-c2ccc(-c3cc4c5ccc(-c6ccc(N(c7ccccc7)c7ccc8c(c7)C(C)(C)c7ccccc7-8)cc6)cc5oc4c4ccccc34)cc21. The summed E-state index contributed by atoms with van der Waals surface area (Å²) >= 11 is 0. The second-order valence-corrected chi connectivity index (χ2v) is 17.7. The molecule has 0 amide bonds. The first-order valence-electron chi connectivity index (χ1n) is 21.1. The number of anilines is 3. The minimum absolute atomic E-state index is 0.0649. The lowest BCUT2D eigenvalue weighted by molar-refractivity contribution is 0.660. The standard InChI is InChI=1S/C58H43NO/c1-57(2)51-20-12-10-17-43(51)45-29-25-38(32-53(45)57)49-35-50-47-30-24-37(33-55(47)60-56(50)48-19-9-8-16-42(48)49)36-22-26-40(27-23-36)59(39-14-6-5-7-15-39)41-28-31-46-44-18-11-13-21-52(44)58(3,4)54(46)34-41/h5-35H,1-4H3. The van der Waals surface area contributed by atoms with Gasteiger partial charge in [0.2, 0.25) is 0 Å². The lowest BCUT2D eigenvalue weighted by atomic mass is 9.81. The number of furan rings is 1. The smallest absolute Gasteiger partial charge is 0.143 e. The predicted molar refractivity (Wildman–Crippen MR) is 252 cm³/mol. The zero-order valence-electron chi connectivity index (χ0n) is 34.3. The Labute approximate surface area is 351 Å². The maximum atomic E-state index is 6.81. The van der Waals surface area contributed by atoms with Gasteiger partial charge in [0.15, 0.2) is 0 Å². The van der Waals surface area contributed by atoms with Crippen LogP contribution in [0.3, 0.4) is 0 Å². The fourth-order valence-corrected chi connectivity index (χ4v) is 10.5. The third-order valence-electron chi connectivity index (χ3n) is 13.7. The number of benzene rings is 9. The van der Waals surface area contributed by atoms with E-state index >= 15 is 0 Å². The summed E-state index contributed by atoms with van der Waals surface area (Å²) in [6.07, 6.45) is 0. The molecule has 12 rings (SSSR count). The van der Waals surface area contributed by atoms with E-state index in [2.05, 4.69) is 221 Å². The second kappa shape index (κ2) is 12.7. The van der Waals surface area contributed by atoms with Gasteiger partial charge in [0.25, 0.3) is 0 Å². The lowest BCUT2D eigenvalue weighted by Crippen LogP contribution is -2.16. The van der Waals surface area contributed by atoms with Gasteiger partial charge in [-0.3, -0.25) is 0 Å². The van der Waals surface area contributed by atoms with Crippen molar-refractivity contribution in [1.82, 2.24) is 0 Å². The summed E-state index contributed by atoms with van der Waals surface area (Å²) in [4.78, 5) is 2.37. The van der Waals surface area contributed by atoms with Crippen LogP contribution in [0.5, 0.6) is 0 Å². The quantitative estimate of drug-likeness (QED) is 0.173. The molecule has 0 unspecified atom stereocenters. The van der Waals surface area contributed by atoms with E-state index in [1.54, 1.807) is 0 Å². The Hall–Kier alpha value is -7.16. The Balaban J connectivity index is 0.927. The van der Waals surface area contributed by atoms with Gasteiger partial charge in [0.1, 0.15) is 11.2 Å². The molecule has 0 aliphatic heterocycles. The molecule has 0 saturated heterocycles. The van der Waals surface area contributed by atoms with Crippen molar-refractivity contribution in [2.24, 2.45) is 0 Å². The Bertz CT molecular complexity index is 3370. The van der Waals surface area contributed by atoms with Crippen molar-refractivity contribution in [3.63, 3.8) is 0 Å². The Morgan fingerprint density at radius 2 is 0.867 bits per heavy atom. The molecule has 9 aromatic carbocycles. The third-order valence-corrected chi connectivity index (χ3v) is 13.7. The summed E-state index contributed by atoms with van der Waals surface area (Å²) in [6.45, 7) is 9.39. The highest BCUT2D eigenvalue weighted by Gasteiger charge is 2.37. The number of nitrogens with zero attached hydrogens (tertiary/aromatic N) is 1. The van der Waals surface area contributed by atoms with E-state index in [0.29, 0.717) is 0 Å². The van der Waals surface area contributed by atoms with Gasteiger partial charge in [-0.25, -0.2) is 0 Å². The molecule has 0 bridgehead atoms. The molecule has 2 heteroatoms. The van der Waals surface area contributed by atoms with Crippen LogP contribution in [0, 0.1) is 0 Å². The minimum atomic E-state index is -0.0801. The first-order valence-corrected chi connectivity index (χ1v) is 21.1. The van der Waals surface area contributed by atoms with E-state index < -0.39 is 0 Å². The molecular formula is C58H43NO. The van der Waals surface area contributed by atoms with Crippen molar-refractivity contribution in [2.45, 2.75) is 38.5 Å². The average Bonchev–Trinajstić information content (AvgIpc) is 3.86. The van der Waals surface area contributed by atoms with E-state index in [4.69, 9.17) is 4.42 Å². The largest absolute Gasteiger partial charge is 0.455 e. The van der Waals surface area contributed by atoms with Crippen LogP contribution in [0.4, 0.5) is 17.1 Å². The van der Waals surface area contributed by atoms with Crippen LogP contribution in [0.15, 0.2) is 192 Å². The van der Waals surface area contributed by atoms with Crippen LogP contribution >= 0.6 is 0 Å². The monoisotopic (exact) mass is 769 g/mol. The summed E-state index contributed by atoms with van der Waals surface area (Å²) in [5.74, 6) is 0. The number of para-hydroxylation sites is 1. The van der Waals surface area contributed by atoms with Gasteiger partial charge in [-0.05, 0) is 133 Å². The molecule has 0 spiro atoms. The Kier molecular flexibility index (Phi) is 7.36. The molecule has 2 nitrogen and oxygen atoms in total. The van der Waals surface area contributed by atoms with Gasteiger partial charge in [0, 0.05) is 44.1 Å². The Morgan fingerprint density at radius 1 is 0.333 bits per heavy atom. The molecule has 2 aliphatic rings. The summed E-state index contributed by atoms with van der Waals surface area (Å²) in [5.41, 5.74) is 20.7. The van der Waals surface area contributed by atoms with Crippen molar-refractivity contribution in [3.05, 3.63) is 210 Å². The molecule has 60 heavy (non-hydrogen) atoms. The fourth-order valence-electron chi connectivity index (χ4n) is 10.5. The molecule has 0 radical (unpaired) electrons. The molecule has 2 aliphatic carbocycles. The number of hydrogen-bond acceptors (Lipinski definition) is 2. The molecule has 286 valence electrons. The highest BCUT2D eigenvalue weighted by Crippen LogP contribution is 2.52. The lowest BCUT2D eigenvalue weighted by Gasteiger charge is -2.28. The average molecular weight is 770 g/mol. The second-order valence-electron chi connectivity index (χ2n) is 17.7. The topological polar surface area (TPSA) is 16.4 Å². The molecule has 0 fully saturated rings. The molecule has 1 aromatic heterocycles. The van der Waals surface area contributed by atoms with Gasteiger partial charge in [-0.15, -0.1) is 0 Å². The molecule has 0 atom stereocenters. The van der Waals surface area contributed by atoms with E-state index in [-0.39, 0.29) is 10.8 Å². The molecule has 0 saturated carbocycles. The van der Waals surface area contributed by atoms with Gasteiger partial charge in [-0.2, -0.15) is 0 Å². The number of hydrogen-bond donors (Lipinski definition) is 0. The van der Waals surface area contributed by atoms with Crippen LogP contribution in [-0.2, 0) is 10.8 Å². The van der Waals surface area contributed by atoms with E-state index in [1.165, 1.54) is 61.0 Å². The van der Waals surface area contributed by atoms with E-state index in [1.807, 2.05) is 0 Å². The van der Waals surface area contributed by atoms with Gasteiger partial charge >= 0.3 is 0 Å². The molecule has 1 heterocycles. The van der Waals surface area contributed by atoms with Gasteiger partial charge in [0.05, 0.1) is 0 Å². The number of fused-ring (bicyclic) bond motifs is 11. The van der Waals surface area contributed by atoms with Crippen molar-refractivity contribution in [3.8, 4) is 44.5 Å². The first kappa shape index (κ1) is 34.8. The maximum Gasteiger partial charge on any atom is 0.143 e.